The fourth-order valence-electron chi connectivity index (χ4n) is 1.91. The van der Waals surface area contributed by atoms with Gasteiger partial charge in [-0.1, -0.05) is 15.9 Å². The molecule has 0 bridgehead atoms. The van der Waals surface area contributed by atoms with Crippen LogP contribution in [0.3, 0.4) is 0 Å². The molecule has 1 aromatic heterocycles. The first-order valence-corrected chi connectivity index (χ1v) is 6.69. The standard InChI is InChI=1S/C14H13BrN2O3/c1-8-6-9(4-5-11(8)15)12(18)10-7-16(2)14(20)17(3)13(10)19/h4-7H,1-3H3. The predicted molar refractivity (Wildman–Crippen MR) is 79.2 cm³/mol. The number of carbonyl (C=O) groups excluding carboxylic acids is 1. The smallest absolute Gasteiger partial charge is 0.303 e. The zero-order valence-electron chi connectivity index (χ0n) is 11.3. The van der Waals surface area contributed by atoms with Crippen LogP contribution in [0.15, 0.2) is 38.5 Å². The molecule has 2 rings (SSSR count). The molecule has 0 radical (unpaired) electrons. The average molecular weight is 337 g/mol. The second-order valence-electron chi connectivity index (χ2n) is 4.59. The summed E-state index contributed by atoms with van der Waals surface area (Å²) in [6, 6.07) is 5.11. The van der Waals surface area contributed by atoms with Crippen molar-refractivity contribution in [3.8, 4) is 0 Å². The van der Waals surface area contributed by atoms with E-state index in [1.54, 1.807) is 18.2 Å². The lowest BCUT2D eigenvalue weighted by atomic mass is 10.0. The molecule has 0 saturated heterocycles. The average Bonchev–Trinajstić information content (AvgIpc) is 2.43. The first-order valence-electron chi connectivity index (χ1n) is 5.90. The molecule has 0 aliphatic carbocycles. The van der Waals surface area contributed by atoms with Gasteiger partial charge in [0.15, 0.2) is 5.78 Å². The number of rotatable bonds is 2. The summed E-state index contributed by atoms with van der Waals surface area (Å²) in [5.41, 5.74) is 0.257. The van der Waals surface area contributed by atoms with Gasteiger partial charge >= 0.3 is 5.69 Å². The van der Waals surface area contributed by atoms with Gasteiger partial charge in [-0.3, -0.25) is 14.2 Å². The molecule has 0 aliphatic heterocycles. The van der Waals surface area contributed by atoms with Crippen molar-refractivity contribution in [1.29, 1.82) is 0 Å². The Labute approximate surface area is 123 Å². The van der Waals surface area contributed by atoms with Crippen molar-refractivity contribution in [2.45, 2.75) is 6.92 Å². The van der Waals surface area contributed by atoms with Crippen LogP contribution in [0, 0.1) is 6.92 Å². The Kier molecular flexibility index (Phi) is 3.76. The van der Waals surface area contributed by atoms with E-state index in [1.807, 2.05) is 6.92 Å². The van der Waals surface area contributed by atoms with Gasteiger partial charge in [0, 0.05) is 30.3 Å². The maximum Gasteiger partial charge on any atom is 0.330 e. The Morgan fingerprint density at radius 2 is 1.85 bits per heavy atom. The van der Waals surface area contributed by atoms with E-state index in [0.29, 0.717) is 5.56 Å². The lowest BCUT2D eigenvalue weighted by Crippen LogP contribution is -2.39. The lowest BCUT2D eigenvalue weighted by Gasteiger charge is -2.07. The maximum absolute atomic E-state index is 12.4. The molecule has 0 unspecified atom stereocenters. The molecule has 1 heterocycles. The van der Waals surface area contributed by atoms with Crippen LogP contribution in [0.4, 0.5) is 0 Å². The molecule has 1 aromatic carbocycles. The van der Waals surface area contributed by atoms with E-state index in [2.05, 4.69) is 15.9 Å². The summed E-state index contributed by atoms with van der Waals surface area (Å²) in [7, 11) is 2.86. The Bertz CT molecular complexity index is 818. The number of hydrogen-bond donors (Lipinski definition) is 0. The third-order valence-corrected chi connectivity index (χ3v) is 4.00. The maximum atomic E-state index is 12.4. The van der Waals surface area contributed by atoms with E-state index in [4.69, 9.17) is 0 Å². The van der Waals surface area contributed by atoms with Crippen molar-refractivity contribution in [3.63, 3.8) is 0 Å². The van der Waals surface area contributed by atoms with Crippen LogP contribution in [0.1, 0.15) is 21.5 Å². The Hall–Kier alpha value is -1.95. The molecular weight excluding hydrogens is 324 g/mol. The Morgan fingerprint density at radius 3 is 2.45 bits per heavy atom. The number of hydrogen-bond acceptors (Lipinski definition) is 3. The van der Waals surface area contributed by atoms with Gasteiger partial charge in [-0.2, -0.15) is 0 Å². The molecule has 20 heavy (non-hydrogen) atoms. The van der Waals surface area contributed by atoms with Crippen molar-refractivity contribution >= 4 is 21.7 Å². The van der Waals surface area contributed by atoms with Gasteiger partial charge in [-0.25, -0.2) is 4.79 Å². The van der Waals surface area contributed by atoms with Crippen LogP contribution < -0.4 is 11.2 Å². The van der Waals surface area contributed by atoms with Gasteiger partial charge in [0.25, 0.3) is 5.56 Å². The van der Waals surface area contributed by atoms with Crippen molar-refractivity contribution in [3.05, 3.63) is 66.4 Å². The van der Waals surface area contributed by atoms with E-state index in [0.717, 1.165) is 14.6 Å². The minimum atomic E-state index is -0.585. The largest absolute Gasteiger partial charge is 0.330 e. The molecular formula is C14H13BrN2O3. The number of halogens is 1. The summed E-state index contributed by atoms with van der Waals surface area (Å²) in [5, 5.41) is 0. The van der Waals surface area contributed by atoms with Crippen molar-refractivity contribution < 1.29 is 4.79 Å². The molecule has 0 aliphatic rings. The number of aryl methyl sites for hydroxylation is 2. The highest BCUT2D eigenvalue weighted by Crippen LogP contribution is 2.18. The van der Waals surface area contributed by atoms with Gasteiger partial charge in [-0.05, 0) is 30.7 Å². The van der Waals surface area contributed by atoms with Crippen LogP contribution in [-0.2, 0) is 14.1 Å². The van der Waals surface area contributed by atoms with Gasteiger partial charge < -0.3 is 4.57 Å². The summed E-state index contributed by atoms with van der Waals surface area (Å²) in [6.07, 6.45) is 1.28. The number of aromatic nitrogens is 2. The van der Waals surface area contributed by atoms with Crippen LogP contribution in [-0.4, -0.2) is 14.9 Å². The van der Waals surface area contributed by atoms with Gasteiger partial charge in [0.2, 0.25) is 0 Å². The van der Waals surface area contributed by atoms with Crippen molar-refractivity contribution in [2.24, 2.45) is 14.1 Å². The quantitative estimate of drug-likeness (QED) is 0.778. The molecule has 6 heteroatoms. The fraction of sp³-hybridized carbons (Fsp3) is 0.214. The van der Waals surface area contributed by atoms with E-state index in [-0.39, 0.29) is 5.56 Å². The fourth-order valence-corrected chi connectivity index (χ4v) is 2.15. The highest BCUT2D eigenvalue weighted by atomic mass is 79.9. The Morgan fingerprint density at radius 1 is 1.20 bits per heavy atom. The van der Waals surface area contributed by atoms with Gasteiger partial charge in [0.05, 0.1) is 0 Å². The van der Waals surface area contributed by atoms with Crippen LogP contribution in [0.2, 0.25) is 0 Å². The molecule has 0 amide bonds. The van der Waals surface area contributed by atoms with E-state index < -0.39 is 17.0 Å². The van der Waals surface area contributed by atoms with Crippen LogP contribution in [0.5, 0.6) is 0 Å². The normalized spacial score (nSPS) is 10.6. The van der Waals surface area contributed by atoms with Gasteiger partial charge in [0.1, 0.15) is 5.56 Å². The van der Waals surface area contributed by atoms with E-state index in [1.165, 1.54) is 24.9 Å². The van der Waals surface area contributed by atoms with Crippen molar-refractivity contribution in [2.75, 3.05) is 0 Å². The number of ketones is 1. The molecule has 0 saturated carbocycles. The monoisotopic (exact) mass is 336 g/mol. The van der Waals surface area contributed by atoms with Crippen LogP contribution >= 0.6 is 15.9 Å². The first-order chi connectivity index (χ1) is 9.32. The second kappa shape index (κ2) is 5.20. The molecule has 2 aromatic rings. The summed E-state index contributed by atoms with van der Waals surface area (Å²) in [6.45, 7) is 1.86. The SMILES string of the molecule is Cc1cc(C(=O)c2cn(C)c(=O)n(C)c2=O)ccc1Br. The van der Waals surface area contributed by atoms with Gasteiger partial charge in [-0.15, -0.1) is 0 Å². The Balaban J connectivity index is 2.62. The lowest BCUT2D eigenvalue weighted by molar-refractivity contribution is 0.103. The zero-order valence-corrected chi connectivity index (χ0v) is 12.9. The summed E-state index contributed by atoms with van der Waals surface area (Å²) in [4.78, 5) is 36.0. The third-order valence-electron chi connectivity index (χ3n) is 3.11. The summed E-state index contributed by atoms with van der Waals surface area (Å²) >= 11 is 3.36. The highest BCUT2D eigenvalue weighted by molar-refractivity contribution is 9.10. The number of nitrogens with zero attached hydrogens (tertiary/aromatic N) is 2. The summed E-state index contributed by atoms with van der Waals surface area (Å²) in [5.74, 6) is -0.392. The second-order valence-corrected chi connectivity index (χ2v) is 5.45. The number of benzene rings is 1. The minimum absolute atomic E-state index is 0.0173. The number of carbonyl (C=O) groups is 1. The first kappa shape index (κ1) is 14.5. The van der Waals surface area contributed by atoms with E-state index >= 15 is 0 Å². The topological polar surface area (TPSA) is 61.1 Å². The minimum Gasteiger partial charge on any atom is -0.303 e. The molecule has 0 fully saturated rings. The highest BCUT2D eigenvalue weighted by Gasteiger charge is 2.17. The summed E-state index contributed by atoms with van der Waals surface area (Å²) < 4.78 is 3.04. The van der Waals surface area contributed by atoms with Crippen molar-refractivity contribution in [1.82, 2.24) is 9.13 Å². The molecule has 5 nitrogen and oxygen atoms in total. The van der Waals surface area contributed by atoms with Crippen LogP contribution in [0.25, 0.3) is 0 Å². The third kappa shape index (κ3) is 2.38. The molecule has 0 N–H and O–H groups in total. The molecule has 104 valence electrons. The predicted octanol–water partition coefficient (Wildman–Crippen LogP) is 1.39. The molecule has 0 atom stereocenters. The molecule has 0 spiro atoms. The zero-order chi connectivity index (χ0) is 15.0. The van der Waals surface area contributed by atoms with E-state index in [9.17, 15) is 14.4 Å².